The maximum atomic E-state index is 11.7. The summed E-state index contributed by atoms with van der Waals surface area (Å²) in [5.74, 6) is 0.563. The van der Waals surface area contributed by atoms with E-state index in [4.69, 9.17) is 0 Å². The van der Waals surface area contributed by atoms with Crippen LogP contribution in [0.2, 0.25) is 0 Å². The summed E-state index contributed by atoms with van der Waals surface area (Å²) < 4.78 is 12.7. The van der Waals surface area contributed by atoms with Gasteiger partial charge in [-0.15, -0.1) is 0 Å². The summed E-state index contributed by atoms with van der Waals surface area (Å²) in [7, 11) is -0.903. The van der Waals surface area contributed by atoms with Crippen molar-refractivity contribution in [3.63, 3.8) is 0 Å². The highest BCUT2D eigenvalue weighted by Crippen LogP contribution is 2.31. The predicted octanol–water partition coefficient (Wildman–Crippen LogP) is 2.65. The SMILES string of the molecule is C[S@](=O)c1cc(Br)ccc1C1CCNCC1. The van der Waals surface area contributed by atoms with Crippen LogP contribution in [0, 0.1) is 0 Å². The Balaban J connectivity index is 2.34. The van der Waals surface area contributed by atoms with Crippen LogP contribution >= 0.6 is 15.9 Å². The molecule has 0 amide bonds. The second-order valence-corrected chi connectivity index (χ2v) is 6.42. The molecule has 0 aliphatic carbocycles. The number of rotatable bonds is 2. The predicted molar refractivity (Wildman–Crippen MR) is 71.3 cm³/mol. The summed E-state index contributed by atoms with van der Waals surface area (Å²) in [5, 5.41) is 3.36. The largest absolute Gasteiger partial charge is 0.317 e. The molecule has 1 atom stereocenters. The van der Waals surface area contributed by atoms with Crippen LogP contribution in [0.25, 0.3) is 0 Å². The van der Waals surface area contributed by atoms with Gasteiger partial charge >= 0.3 is 0 Å². The standard InChI is InChI=1S/C12H16BrNOS/c1-16(15)12-8-10(13)2-3-11(12)9-4-6-14-7-5-9/h2-3,8-9,14H,4-7H2,1H3/t16-/m0/s1. The highest BCUT2D eigenvalue weighted by atomic mass is 79.9. The van der Waals surface area contributed by atoms with Crippen molar-refractivity contribution < 1.29 is 4.21 Å². The molecule has 0 radical (unpaired) electrons. The molecule has 0 saturated carbocycles. The molecule has 0 aromatic heterocycles. The first-order valence-electron chi connectivity index (χ1n) is 5.52. The Bertz CT molecular complexity index is 402. The van der Waals surface area contributed by atoms with E-state index in [0.29, 0.717) is 5.92 Å². The topological polar surface area (TPSA) is 29.1 Å². The fourth-order valence-corrected chi connectivity index (χ4v) is 3.60. The van der Waals surface area contributed by atoms with Crippen molar-refractivity contribution >= 4 is 26.7 Å². The lowest BCUT2D eigenvalue weighted by atomic mass is 9.90. The quantitative estimate of drug-likeness (QED) is 0.910. The lowest BCUT2D eigenvalue weighted by molar-refractivity contribution is 0.456. The third-order valence-corrected chi connectivity index (χ3v) is 4.53. The summed E-state index contributed by atoms with van der Waals surface area (Å²) in [6.45, 7) is 2.13. The molecule has 1 heterocycles. The minimum Gasteiger partial charge on any atom is -0.317 e. The second kappa shape index (κ2) is 5.43. The maximum Gasteiger partial charge on any atom is 0.0501 e. The number of benzene rings is 1. The molecule has 4 heteroatoms. The number of nitrogens with one attached hydrogen (secondary N) is 1. The Morgan fingerprint density at radius 2 is 2.06 bits per heavy atom. The van der Waals surface area contributed by atoms with E-state index in [1.807, 2.05) is 12.1 Å². The van der Waals surface area contributed by atoms with Crippen LogP contribution in [0.1, 0.15) is 24.3 Å². The van der Waals surface area contributed by atoms with Gasteiger partial charge in [-0.05, 0) is 49.5 Å². The molecule has 1 saturated heterocycles. The highest BCUT2D eigenvalue weighted by molar-refractivity contribution is 9.10. The fraction of sp³-hybridized carbons (Fsp3) is 0.500. The van der Waals surface area contributed by atoms with Gasteiger partial charge in [0.25, 0.3) is 0 Å². The van der Waals surface area contributed by atoms with Gasteiger partial charge in [0.15, 0.2) is 0 Å². The van der Waals surface area contributed by atoms with Crippen LogP contribution in [0.15, 0.2) is 27.6 Å². The van der Waals surface area contributed by atoms with E-state index in [9.17, 15) is 4.21 Å². The van der Waals surface area contributed by atoms with E-state index < -0.39 is 10.8 Å². The van der Waals surface area contributed by atoms with Crippen LogP contribution in [0.3, 0.4) is 0 Å². The summed E-state index contributed by atoms with van der Waals surface area (Å²) in [4.78, 5) is 0.987. The molecular formula is C12H16BrNOS. The third kappa shape index (κ3) is 2.73. The van der Waals surface area contributed by atoms with E-state index in [1.54, 1.807) is 6.26 Å². The van der Waals surface area contributed by atoms with E-state index in [2.05, 4.69) is 27.3 Å². The zero-order valence-corrected chi connectivity index (χ0v) is 11.7. The normalized spacial score (nSPS) is 19.6. The lowest BCUT2D eigenvalue weighted by Crippen LogP contribution is -2.27. The molecule has 2 nitrogen and oxygen atoms in total. The molecule has 0 spiro atoms. The molecule has 1 aliphatic heterocycles. The molecule has 16 heavy (non-hydrogen) atoms. The van der Waals surface area contributed by atoms with Gasteiger partial charge in [-0.3, -0.25) is 4.21 Å². The Morgan fingerprint density at radius 3 is 2.69 bits per heavy atom. The molecule has 0 unspecified atom stereocenters. The van der Waals surface area contributed by atoms with Gasteiger partial charge in [0.1, 0.15) is 0 Å². The first-order chi connectivity index (χ1) is 7.68. The first kappa shape index (κ1) is 12.3. The molecule has 1 aliphatic rings. The number of piperidine rings is 1. The van der Waals surface area contributed by atoms with Gasteiger partial charge in [-0.25, -0.2) is 0 Å². The Kier molecular flexibility index (Phi) is 4.16. The third-order valence-electron chi connectivity index (χ3n) is 3.06. The van der Waals surface area contributed by atoms with Gasteiger partial charge < -0.3 is 5.32 Å². The average Bonchev–Trinajstić information content (AvgIpc) is 2.30. The van der Waals surface area contributed by atoms with E-state index >= 15 is 0 Å². The maximum absolute atomic E-state index is 11.7. The summed E-state index contributed by atoms with van der Waals surface area (Å²) in [6.07, 6.45) is 4.05. The molecule has 1 fully saturated rings. The highest BCUT2D eigenvalue weighted by Gasteiger charge is 2.19. The van der Waals surface area contributed by atoms with Crippen LogP contribution in [-0.4, -0.2) is 23.6 Å². The molecular weight excluding hydrogens is 286 g/mol. The van der Waals surface area contributed by atoms with Crippen molar-refractivity contribution in [2.45, 2.75) is 23.7 Å². The molecule has 88 valence electrons. The zero-order valence-electron chi connectivity index (χ0n) is 9.33. The van der Waals surface area contributed by atoms with Crippen molar-refractivity contribution in [2.24, 2.45) is 0 Å². The van der Waals surface area contributed by atoms with Crippen molar-refractivity contribution in [3.05, 3.63) is 28.2 Å². The Morgan fingerprint density at radius 1 is 1.38 bits per heavy atom. The van der Waals surface area contributed by atoms with Gasteiger partial charge in [0.05, 0.1) is 10.8 Å². The number of hydrogen-bond donors (Lipinski definition) is 1. The van der Waals surface area contributed by atoms with Crippen LogP contribution in [0.4, 0.5) is 0 Å². The Hall–Kier alpha value is -0.190. The molecule has 1 N–H and O–H groups in total. The van der Waals surface area contributed by atoms with Crippen LogP contribution < -0.4 is 5.32 Å². The summed E-state index contributed by atoms with van der Waals surface area (Å²) in [5.41, 5.74) is 1.27. The van der Waals surface area contributed by atoms with Gasteiger partial charge in [-0.2, -0.15) is 0 Å². The molecule has 1 aromatic rings. The average molecular weight is 302 g/mol. The van der Waals surface area contributed by atoms with E-state index in [-0.39, 0.29) is 0 Å². The van der Waals surface area contributed by atoms with Crippen molar-refractivity contribution in [2.75, 3.05) is 19.3 Å². The van der Waals surface area contributed by atoms with Gasteiger partial charge in [0.2, 0.25) is 0 Å². The van der Waals surface area contributed by atoms with Crippen LogP contribution in [-0.2, 0) is 10.8 Å². The second-order valence-electron chi connectivity index (χ2n) is 4.16. The number of halogens is 1. The van der Waals surface area contributed by atoms with Crippen molar-refractivity contribution in [3.8, 4) is 0 Å². The zero-order chi connectivity index (χ0) is 11.5. The molecule has 0 bridgehead atoms. The number of hydrogen-bond acceptors (Lipinski definition) is 2. The summed E-state index contributed by atoms with van der Waals surface area (Å²) in [6, 6.07) is 6.16. The minimum absolute atomic E-state index is 0.563. The van der Waals surface area contributed by atoms with Gasteiger partial charge in [-0.1, -0.05) is 22.0 Å². The lowest BCUT2D eigenvalue weighted by Gasteiger charge is -2.24. The minimum atomic E-state index is -0.903. The Labute approximate surface area is 107 Å². The molecule has 1 aromatic carbocycles. The van der Waals surface area contributed by atoms with Crippen LogP contribution in [0.5, 0.6) is 0 Å². The monoisotopic (exact) mass is 301 g/mol. The van der Waals surface area contributed by atoms with Gasteiger partial charge in [0, 0.05) is 15.6 Å². The first-order valence-corrected chi connectivity index (χ1v) is 7.87. The summed E-state index contributed by atoms with van der Waals surface area (Å²) >= 11 is 3.44. The fourth-order valence-electron chi connectivity index (χ4n) is 2.23. The van der Waals surface area contributed by atoms with Crippen molar-refractivity contribution in [1.82, 2.24) is 5.32 Å². The molecule has 2 rings (SSSR count). The van der Waals surface area contributed by atoms with Crippen molar-refractivity contribution in [1.29, 1.82) is 0 Å². The van der Waals surface area contributed by atoms with E-state index in [0.717, 1.165) is 35.3 Å². The van der Waals surface area contributed by atoms with E-state index in [1.165, 1.54) is 5.56 Å². The smallest absolute Gasteiger partial charge is 0.0501 e.